The Morgan fingerprint density at radius 2 is 1.56 bits per heavy atom. The molecule has 5 rings (SSSR count). The molecule has 27 heavy (non-hydrogen) atoms. The highest BCUT2D eigenvalue weighted by atomic mass is 15.2. The van der Waals surface area contributed by atoms with Crippen molar-refractivity contribution in [2.75, 3.05) is 0 Å². The molecular weight excluding hydrogens is 330 g/mol. The maximum atomic E-state index is 8.50. The lowest BCUT2D eigenvalue weighted by molar-refractivity contribution is -0.665. The molecule has 3 aromatic heterocycles. The molecule has 2 aromatic carbocycles. The summed E-state index contributed by atoms with van der Waals surface area (Å²) in [6, 6.07) is 21.4. The average molecular weight is 355 g/mol. The van der Waals surface area contributed by atoms with E-state index in [1.165, 1.54) is 32.8 Å². The molecule has 3 nitrogen and oxygen atoms in total. The number of aromatic nitrogens is 3. The molecule has 0 bridgehead atoms. The first-order valence-electron chi connectivity index (χ1n) is 9.85. The summed E-state index contributed by atoms with van der Waals surface area (Å²) in [6.07, 6.45) is 2.06. The predicted octanol–water partition coefficient (Wildman–Crippen LogP) is 5.22. The lowest BCUT2D eigenvalue weighted by Crippen LogP contribution is -2.33. The van der Waals surface area contributed by atoms with E-state index in [2.05, 4.69) is 88.6 Å². The van der Waals surface area contributed by atoms with Crippen molar-refractivity contribution in [3.63, 3.8) is 0 Å². The van der Waals surface area contributed by atoms with Gasteiger partial charge in [-0.25, -0.2) is 4.57 Å². The minimum atomic E-state index is -0.649. The van der Waals surface area contributed by atoms with Crippen LogP contribution in [0.15, 0.2) is 66.9 Å². The Hall–Kier alpha value is -3.07. The van der Waals surface area contributed by atoms with Crippen molar-refractivity contribution in [3.8, 4) is 5.82 Å². The first kappa shape index (κ1) is 15.0. The number of hydrogen-bond donors (Lipinski definition) is 0. The highest BCUT2D eigenvalue weighted by molar-refractivity contribution is 6.21. The fourth-order valence-electron chi connectivity index (χ4n) is 4.22. The molecular formula is C24H24N3+. The van der Waals surface area contributed by atoms with Gasteiger partial charge in [0.1, 0.15) is 5.52 Å². The van der Waals surface area contributed by atoms with E-state index in [0.717, 1.165) is 11.4 Å². The van der Waals surface area contributed by atoms with Crippen LogP contribution in [0, 0.1) is 0 Å². The first-order valence-corrected chi connectivity index (χ1v) is 9.35. The minimum absolute atomic E-state index is 0.649. The van der Waals surface area contributed by atoms with Gasteiger partial charge in [0.05, 0.1) is 24.1 Å². The van der Waals surface area contributed by atoms with Gasteiger partial charge < -0.3 is 4.57 Å². The Morgan fingerprint density at radius 3 is 2.26 bits per heavy atom. The van der Waals surface area contributed by atoms with Crippen LogP contribution in [-0.2, 0) is 14.1 Å². The second kappa shape index (κ2) is 5.71. The van der Waals surface area contributed by atoms with Gasteiger partial charge in [0.15, 0.2) is 0 Å². The van der Waals surface area contributed by atoms with E-state index in [1.54, 1.807) is 0 Å². The van der Waals surface area contributed by atoms with Gasteiger partial charge in [0.25, 0.3) is 5.82 Å². The van der Waals surface area contributed by atoms with Crippen molar-refractivity contribution in [2.45, 2.75) is 19.7 Å². The number of fused-ring (bicyclic) bond motifs is 5. The summed E-state index contributed by atoms with van der Waals surface area (Å²) in [5, 5.41) is 3.81. The zero-order chi connectivity index (χ0) is 19.6. The number of para-hydroxylation sites is 2. The molecule has 3 heterocycles. The van der Waals surface area contributed by atoms with E-state index in [9.17, 15) is 0 Å². The van der Waals surface area contributed by atoms with Crippen LogP contribution in [-0.4, -0.2) is 9.13 Å². The Bertz CT molecular complexity index is 1370. The van der Waals surface area contributed by atoms with E-state index < -0.39 is 5.89 Å². The summed E-state index contributed by atoms with van der Waals surface area (Å²) in [5.41, 5.74) is 4.60. The molecule has 0 N–H and O–H groups in total. The summed E-state index contributed by atoms with van der Waals surface area (Å²) in [7, 11) is 4.21. The zero-order valence-corrected chi connectivity index (χ0v) is 16.2. The van der Waals surface area contributed by atoms with Crippen LogP contribution in [0.3, 0.4) is 0 Å². The smallest absolute Gasteiger partial charge is 0.288 e. The SMILES string of the molecule is [2H]C(C)(C)c1cc[n+](C)c(-n2c3ccccc3c3c4ccccc4n(C)c32)c1. The summed E-state index contributed by atoms with van der Waals surface area (Å²) >= 11 is 0. The minimum Gasteiger partial charge on any atom is -0.311 e. The van der Waals surface area contributed by atoms with Crippen molar-refractivity contribution in [3.05, 3.63) is 72.4 Å². The van der Waals surface area contributed by atoms with Crippen LogP contribution in [0.5, 0.6) is 0 Å². The van der Waals surface area contributed by atoms with Crippen LogP contribution in [0.25, 0.3) is 38.7 Å². The van der Waals surface area contributed by atoms with Gasteiger partial charge in [-0.3, -0.25) is 0 Å². The van der Waals surface area contributed by atoms with Gasteiger partial charge in [0, 0.05) is 25.3 Å². The molecule has 5 aromatic rings. The van der Waals surface area contributed by atoms with Crippen LogP contribution >= 0.6 is 0 Å². The number of nitrogens with zero attached hydrogens (tertiary/aromatic N) is 3. The number of aryl methyl sites for hydroxylation is 2. The second-order valence-electron chi connectivity index (χ2n) is 7.51. The maximum absolute atomic E-state index is 8.50. The molecule has 0 saturated carbocycles. The summed E-state index contributed by atoms with van der Waals surface area (Å²) in [6.45, 7) is 3.87. The molecule has 0 atom stereocenters. The van der Waals surface area contributed by atoms with Crippen LogP contribution in [0.4, 0.5) is 0 Å². The number of pyridine rings is 1. The van der Waals surface area contributed by atoms with Crippen LogP contribution in [0.2, 0.25) is 0 Å². The fourth-order valence-corrected chi connectivity index (χ4v) is 4.22. The standard InChI is InChI=1S/C24H24N3/c1-16(2)17-13-14-25(3)22(15-17)27-21-12-8-6-10-19(21)23-18-9-5-7-11-20(18)26(4)24(23)27/h5-16H,1-4H3/q+1/i16D. The lowest BCUT2D eigenvalue weighted by atomic mass is 10.1. The van der Waals surface area contributed by atoms with Gasteiger partial charge in [0.2, 0.25) is 5.65 Å². The van der Waals surface area contributed by atoms with E-state index >= 15 is 0 Å². The molecule has 134 valence electrons. The quantitative estimate of drug-likeness (QED) is 0.385. The molecule has 0 fully saturated rings. The first-order chi connectivity index (χ1) is 13.4. The largest absolute Gasteiger partial charge is 0.311 e. The molecule has 0 spiro atoms. The van der Waals surface area contributed by atoms with Crippen molar-refractivity contribution in [1.82, 2.24) is 9.13 Å². The zero-order valence-electron chi connectivity index (χ0n) is 17.2. The third-order valence-corrected chi connectivity index (χ3v) is 5.63. The van der Waals surface area contributed by atoms with Crippen LogP contribution in [0.1, 0.15) is 26.7 Å². The fraction of sp³-hybridized carbons (Fsp3) is 0.208. The number of benzene rings is 2. The van der Waals surface area contributed by atoms with Gasteiger partial charge in [-0.15, -0.1) is 0 Å². The third kappa shape index (κ3) is 2.18. The topological polar surface area (TPSA) is 13.7 Å². The molecule has 0 unspecified atom stereocenters. The highest BCUT2D eigenvalue weighted by Crippen LogP contribution is 2.37. The Kier molecular flexibility index (Phi) is 3.18. The summed E-state index contributed by atoms with van der Waals surface area (Å²) in [5.74, 6) is 0.416. The number of hydrogen-bond acceptors (Lipinski definition) is 0. The highest BCUT2D eigenvalue weighted by Gasteiger charge is 2.26. The maximum Gasteiger partial charge on any atom is 0.288 e. The third-order valence-electron chi connectivity index (χ3n) is 5.63. The lowest BCUT2D eigenvalue weighted by Gasteiger charge is -2.09. The van der Waals surface area contributed by atoms with E-state index in [1.807, 2.05) is 19.9 Å². The van der Waals surface area contributed by atoms with Crippen molar-refractivity contribution >= 4 is 32.8 Å². The Balaban J connectivity index is 2.01. The van der Waals surface area contributed by atoms with E-state index in [4.69, 9.17) is 1.37 Å². The normalized spacial score (nSPS) is 13.0. The summed E-state index contributed by atoms with van der Waals surface area (Å²) in [4.78, 5) is 0. The van der Waals surface area contributed by atoms with Crippen LogP contribution < -0.4 is 4.57 Å². The molecule has 0 aliphatic rings. The van der Waals surface area contributed by atoms with Crippen molar-refractivity contribution < 1.29 is 5.94 Å². The van der Waals surface area contributed by atoms with Gasteiger partial charge in [-0.2, -0.15) is 4.57 Å². The van der Waals surface area contributed by atoms with Gasteiger partial charge in [-0.05, 0) is 35.7 Å². The average Bonchev–Trinajstić information content (AvgIpc) is 3.15. The van der Waals surface area contributed by atoms with Gasteiger partial charge in [-0.1, -0.05) is 44.2 Å². The molecule has 0 aliphatic heterocycles. The van der Waals surface area contributed by atoms with Crippen molar-refractivity contribution in [2.24, 2.45) is 14.1 Å². The Labute approximate surface area is 160 Å². The number of rotatable bonds is 2. The summed E-state index contributed by atoms with van der Waals surface area (Å²) < 4.78 is 15.2. The van der Waals surface area contributed by atoms with E-state index in [-0.39, 0.29) is 0 Å². The van der Waals surface area contributed by atoms with Crippen molar-refractivity contribution in [1.29, 1.82) is 0 Å². The molecule has 0 aliphatic carbocycles. The predicted molar refractivity (Wildman–Crippen MR) is 113 cm³/mol. The second-order valence-corrected chi connectivity index (χ2v) is 7.51. The monoisotopic (exact) mass is 355 g/mol. The molecule has 0 amide bonds. The molecule has 0 radical (unpaired) electrons. The Morgan fingerprint density at radius 1 is 0.926 bits per heavy atom. The molecule has 0 saturated heterocycles. The van der Waals surface area contributed by atoms with E-state index in [0.29, 0.717) is 0 Å². The van der Waals surface area contributed by atoms with Gasteiger partial charge >= 0.3 is 0 Å². The molecule has 3 heteroatoms.